The zero-order valence-corrected chi connectivity index (χ0v) is 18.6. The Bertz CT molecular complexity index is 1360. The molecule has 0 radical (unpaired) electrons. The molecule has 0 aliphatic carbocycles. The van der Waals surface area contributed by atoms with Crippen molar-refractivity contribution in [2.45, 2.75) is 32.2 Å². The van der Waals surface area contributed by atoms with Crippen molar-refractivity contribution in [1.29, 1.82) is 0 Å². The third kappa shape index (κ3) is 4.40. The van der Waals surface area contributed by atoms with Crippen LogP contribution in [0.3, 0.4) is 0 Å². The monoisotopic (exact) mass is 438 g/mol. The van der Waals surface area contributed by atoms with Crippen molar-refractivity contribution < 1.29 is 9.21 Å². The smallest absolute Gasteiger partial charge is 0.344 e. The van der Waals surface area contributed by atoms with E-state index in [1.54, 1.807) is 30.3 Å². The number of carbonyl (C=O) groups excluding carboxylic acids is 1. The summed E-state index contributed by atoms with van der Waals surface area (Å²) in [6.45, 7) is 3.33. The summed E-state index contributed by atoms with van der Waals surface area (Å²) in [6.07, 6.45) is 3.71. The van der Waals surface area contributed by atoms with Gasteiger partial charge in [0.05, 0.1) is 5.56 Å². The zero-order valence-electron chi connectivity index (χ0n) is 18.6. The maximum Gasteiger partial charge on any atom is 0.344 e. The number of fused-ring (bicyclic) bond motifs is 1. The van der Waals surface area contributed by atoms with Crippen LogP contribution in [0.1, 0.15) is 36.5 Å². The number of para-hydroxylation sites is 1. The molecule has 3 aromatic carbocycles. The number of hydrogen-bond acceptors (Lipinski definition) is 4. The Morgan fingerprint density at radius 3 is 2.61 bits per heavy atom. The summed E-state index contributed by atoms with van der Waals surface area (Å²) in [5.74, 6) is -0.221. The summed E-state index contributed by atoms with van der Waals surface area (Å²) in [4.78, 5) is 27.9. The van der Waals surface area contributed by atoms with Crippen LogP contribution in [0, 0.1) is 0 Å². The summed E-state index contributed by atoms with van der Waals surface area (Å²) in [5, 5.41) is 3.80. The van der Waals surface area contributed by atoms with Crippen LogP contribution in [-0.4, -0.2) is 18.5 Å². The first kappa shape index (κ1) is 21.0. The van der Waals surface area contributed by atoms with Gasteiger partial charge in [0.2, 0.25) is 0 Å². The minimum atomic E-state index is -0.422. The van der Waals surface area contributed by atoms with Gasteiger partial charge in [-0.25, -0.2) is 4.79 Å². The highest BCUT2D eigenvalue weighted by Crippen LogP contribution is 2.26. The molecular weight excluding hydrogens is 412 g/mol. The molecule has 4 aromatic rings. The fourth-order valence-corrected chi connectivity index (χ4v) is 4.51. The lowest BCUT2D eigenvalue weighted by Gasteiger charge is -2.35. The van der Waals surface area contributed by atoms with E-state index in [2.05, 4.69) is 29.3 Å². The maximum absolute atomic E-state index is 12.9. The second kappa shape index (κ2) is 8.94. The molecule has 1 N–H and O–H groups in total. The van der Waals surface area contributed by atoms with Crippen LogP contribution < -0.4 is 15.8 Å². The second-order valence-electron chi connectivity index (χ2n) is 8.61. The Morgan fingerprint density at radius 2 is 1.79 bits per heavy atom. The van der Waals surface area contributed by atoms with Crippen LogP contribution in [0.5, 0.6) is 0 Å². The van der Waals surface area contributed by atoms with E-state index in [0.29, 0.717) is 28.3 Å². The quantitative estimate of drug-likeness (QED) is 0.392. The molecule has 0 unspecified atom stereocenters. The fourth-order valence-electron chi connectivity index (χ4n) is 4.51. The molecule has 1 fully saturated rings. The number of piperidine rings is 1. The molecule has 1 aliphatic rings. The molecule has 1 amide bonds. The van der Waals surface area contributed by atoms with Gasteiger partial charge in [0.15, 0.2) is 0 Å². The SMILES string of the molecule is C[C@@H]1CCCCN1c1ccc(NC(=O)c2cccc(-c3cc4ccccc4oc3=O)c2)cc1. The average Bonchev–Trinajstić information content (AvgIpc) is 2.84. The molecule has 5 nitrogen and oxygen atoms in total. The summed E-state index contributed by atoms with van der Waals surface area (Å²) in [5.41, 5.74) is 3.61. The molecular formula is C28H26N2O3. The first-order chi connectivity index (χ1) is 16.1. The van der Waals surface area contributed by atoms with Crippen LogP contribution in [0.25, 0.3) is 22.1 Å². The van der Waals surface area contributed by atoms with E-state index in [1.807, 2.05) is 36.4 Å². The van der Waals surface area contributed by atoms with E-state index in [4.69, 9.17) is 4.42 Å². The largest absolute Gasteiger partial charge is 0.422 e. The van der Waals surface area contributed by atoms with Gasteiger partial charge in [-0.1, -0.05) is 30.3 Å². The highest BCUT2D eigenvalue weighted by molar-refractivity contribution is 6.05. The van der Waals surface area contributed by atoms with Crippen molar-refractivity contribution >= 4 is 28.3 Å². The molecule has 1 atom stereocenters. The summed E-state index contributed by atoms with van der Waals surface area (Å²) >= 11 is 0. The fraction of sp³-hybridized carbons (Fsp3) is 0.214. The second-order valence-corrected chi connectivity index (χ2v) is 8.61. The molecule has 5 heteroatoms. The van der Waals surface area contributed by atoms with Crippen molar-refractivity contribution in [3.8, 4) is 11.1 Å². The van der Waals surface area contributed by atoms with E-state index in [-0.39, 0.29) is 5.91 Å². The third-order valence-corrected chi connectivity index (χ3v) is 6.34. The summed E-state index contributed by atoms with van der Waals surface area (Å²) in [7, 11) is 0. The molecule has 1 saturated heterocycles. The van der Waals surface area contributed by atoms with Gasteiger partial charge in [0.25, 0.3) is 5.91 Å². The van der Waals surface area contributed by atoms with Gasteiger partial charge in [-0.05, 0) is 80.3 Å². The Morgan fingerprint density at radius 1 is 0.970 bits per heavy atom. The molecule has 0 spiro atoms. The normalized spacial score (nSPS) is 16.0. The average molecular weight is 439 g/mol. The number of anilines is 2. The minimum Gasteiger partial charge on any atom is -0.422 e. The number of carbonyl (C=O) groups is 1. The minimum absolute atomic E-state index is 0.221. The molecule has 166 valence electrons. The van der Waals surface area contributed by atoms with E-state index < -0.39 is 5.63 Å². The molecule has 1 aliphatic heterocycles. The standard InChI is InChI=1S/C28H26N2O3/c1-19-7-4-5-16-30(19)24-14-12-23(13-15-24)29-27(31)22-10-6-9-20(17-22)25-18-21-8-2-3-11-26(21)33-28(25)32/h2-3,6,8-15,17-19H,4-5,7,16H2,1H3,(H,29,31)/t19-/m1/s1. The van der Waals surface area contributed by atoms with Crippen LogP contribution in [0.2, 0.25) is 0 Å². The van der Waals surface area contributed by atoms with Crippen molar-refractivity contribution in [3.63, 3.8) is 0 Å². The topological polar surface area (TPSA) is 62.6 Å². The Kier molecular flexibility index (Phi) is 5.69. The number of amides is 1. The van der Waals surface area contributed by atoms with E-state index in [0.717, 1.165) is 17.6 Å². The van der Waals surface area contributed by atoms with Crippen LogP contribution in [-0.2, 0) is 0 Å². The maximum atomic E-state index is 12.9. The van der Waals surface area contributed by atoms with Crippen LogP contribution in [0.4, 0.5) is 11.4 Å². The Balaban J connectivity index is 1.35. The van der Waals surface area contributed by atoms with Crippen molar-refractivity contribution in [3.05, 3.63) is 94.8 Å². The van der Waals surface area contributed by atoms with Gasteiger partial charge < -0.3 is 14.6 Å². The van der Waals surface area contributed by atoms with Crippen LogP contribution >= 0.6 is 0 Å². The lowest BCUT2D eigenvalue weighted by atomic mass is 10.0. The lowest BCUT2D eigenvalue weighted by molar-refractivity contribution is 0.102. The predicted molar refractivity (Wildman–Crippen MR) is 133 cm³/mol. The summed E-state index contributed by atoms with van der Waals surface area (Å²) in [6, 6.07) is 24.8. The van der Waals surface area contributed by atoms with Gasteiger partial charge in [-0.2, -0.15) is 0 Å². The number of hydrogen-bond donors (Lipinski definition) is 1. The van der Waals surface area contributed by atoms with Crippen molar-refractivity contribution in [1.82, 2.24) is 0 Å². The number of rotatable bonds is 4. The van der Waals surface area contributed by atoms with Gasteiger partial charge in [0.1, 0.15) is 5.58 Å². The molecule has 5 rings (SSSR count). The molecule has 1 aromatic heterocycles. The van der Waals surface area contributed by atoms with Crippen LogP contribution in [0.15, 0.2) is 88.1 Å². The first-order valence-corrected chi connectivity index (χ1v) is 11.4. The predicted octanol–water partition coefficient (Wildman–Crippen LogP) is 6.09. The molecule has 2 heterocycles. The Hall–Kier alpha value is -3.86. The number of benzene rings is 3. The highest BCUT2D eigenvalue weighted by atomic mass is 16.4. The summed E-state index contributed by atoms with van der Waals surface area (Å²) < 4.78 is 5.45. The van der Waals surface area contributed by atoms with E-state index in [9.17, 15) is 9.59 Å². The highest BCUT2D eigenvalue weighted by Gasteiger charge is 2.18. The van der Waals surface area contributed by atoms with Gasteiger partial charge >= 0.3 is 5.63 Å². The van der Waals surface area contributed by atoms with E-state index in [1.165, 1.54) is 24.9 Å². The molecule has 0 bridgehead atoms. The van der Waals surface area contributed by atoms with Crippen molar-refractivity contribution in [2.75, 3.05) is 16.8 Å². The van der Waals surface area contributed by atoms with Gasteiger partial charge in [-0.3, -0.25) is 4.79 Å². The van der Waals surface area contributed by atoms with Crippen molar-refractivity contribution in [2.24, 2.45) is 0 Å². The third-order valence-electron chi connectivity index (χ3n) is 6.34. The van der Waals surface area contributed by atoms with Gasteiger partial charge in [0, 0.05) is 34.9 Å². The van der Waals surface area contributed by atoms with E-state index >= 15 is 0 Å². The number of nitrogens with one attached hydrogen (secondary N) is 1. The number of nitrogens with zero attached hydrogens (tertiary/aromatic N) is 1. The zero-order chi connectivity index (χ0) is 22.8. The molecule has 33 heavy (non-hydrogen) atoms. The first-order valence-electron chi connectivity index (χ1n) is 11.4. The lowest BCUT2D eigenvalue weighted by Crippen LogP contribution is -2.37. The Labute approximate surface area is 192 Å². The van der Waals surface area contributed by atoms with Gasteiger partial charge in [-0.15, -0.1) is 0 Å². The molecule has 0 saturated carbocycles.